The summed E-state index contributed by atoms with van der Waals surface area (Å²) in [5, 5.41) is 0. The lowest BCUT2D eigenvalue weighted by Crippen LogP contribution is -1.81. The summed E-state index contributed by atoms with van der Waals surface area (Å²) in [5.41, 5.74) is 0. The van der Waals surface area contributed by atoms with Crippen LogP contribution in [0.3, 0.4) is 0 Å². The van der Waals surface area contributed by atoms with Crippen LogP contribution < -0.4 is 0 Å². The average molecular weight is 142 g/mol. The topological polar surface area (TPSA) is 0 Å². The van der Waals surface area contributed by atoms with Crippen LogP contribution in [0.4, 0.5) is 4.39 Å². The van der Waals surface area contributed by atoms with Crippen LogP contribution in [0.2, 0.25) is 0 Å². The highest BCUT2D eigenvalue weighted by Gasteiger charge is 1.84. The second-order valence-electron chi connectivity index (χ2n) is 2.22. The van der Waals surface area contributed by atoms with Crippen molar-refractivity contribution in [3.05, 3.63) is 24.3 Å². The molecule has 0 aliphatic heterocycles. The average Bonchev–Trinajstić information content (AvgIpc) is 1.87. The van der Waals surface area contributed by atoms with Gasteiger partial charge in [0.1, 0.15) is 6.17 Å². The molecule has 1 atom stereocenters. The quantitative estimate of drug-likeness (QED) is 0.528. The zero-order valence-corrected chi connectivity index (χ0v) is 6.68. The van der Waals surface area contributed by atoms with E-state index in [4.69, 9.17) is 0 Å². The van der Waals surface area contributed by atoms with Crippen molar-refractivity contribution in [2.75, 3.05) is 0 Å². The van der Waals surface area contributed by atoms with Crippen LogP contribution in [0.25, 0.3) is 0 Å². The minimum atomic E-state index is -0.810. The lowest BCUT2D eigenvalue weighted by atomic mass is 10.3. The molecule has 0 radical (unpaired) electrons. The van der Waals surface area contributed by atoms with Crippen LogP contribution in [0.15, 0.2) is 24.3 Å². The summed E-state index contributed by atoms with van der Waals surface area (Å²) >= 11 is 0. The Bertz CT molecular complexity index is 112. The van der Waals surface area contributed by atoms with Crippen molar-refractivity contribution < 1.29 is 4.39 Å². The normalized spacial score (nSPS) is 15.1. The maximum Gasteiger partial charge on any atom is 0.115 e. The number of halogens is 1. The first-order chi connectivity index (χ1) is 4.77. The summed E-state index contributed by atoms with van der Waals surface area (Å²) < 4.78 is 12.1. The Hall–Kier alpha value is -0.590. The van der Waals surface area contributed by atoms with Gasteiger partial charge < -0.3 is 0 Å². The van der Waals surface area contributed by atoms with E-state index in [0.29, 0.717) is 0 Å². The first-order valence-corrected chi connectivity index (χ1v) is 3.73. The molecule has 0 aromatic carbocycles. The molecule has 0 bridgehead atoms. The molecule has 0 saturated heterocycles. The molecule has 0 aromatic heterocycles. The highest BCUT2D eigenvalue weighted by Crippen LogP contribution is 1.93. The van der Waals surface area contributed by atoms with Gasteiger partial charge in [0.15, 0.2) is 0 Å². The Morgan fingerprint density at radius 1 is 1.30 bits per heavy atom. The Kier molecular flexibility index (Phi) is 6.14. The second-order valence-corrected chi connectivity index (χ2v) is 2.22. The van der Waals surface area contributed by atoms with Crippen LogP contribution in [-0.2, 0) is 0 Å². The van der Waals surface area contributed by atoms with Gasteiger partial charge in [0, 0.05) is 0 Å². The van der Waals surface area contributed by atoms with Crippen LogP contribution in [-0.4, -0.2) is 6.17 Å². The largest absolute Gasteiger partial charge is 0.243 e. The van der Waals surface area contributed by atoms with Crippen molar-refractivity contribution in [3.63, 3.8) is 0 Å². The van der Waals surface area contributed by atoms with Crippen molar-refractivity contribution in [2.45, 2.75) is 32.9 Å². The fraction of sp³-hybridized carbons (Fsp3) is 0.556. The third-order valence-corrected chi connectivity index (χ3v) is 1.08. The molecule has 58 valence electrons. The number of hydrogen-bond donors (Lipinski definition) is 0. The molecule has 0 spiro atoms. The Balaban J connectivity index is 3.26. The van der Waals surface area contributed by atoms with E-state index < -0.39 is 6.17 Å². The van der Waals surface area contributed by atoms with Crippen molar-refractivity contribution in [2.24, 2.45) is 0 Å². The van der Waals surface area contributed by atoms with E-state index in [1.807, 2.05) is 12.2 Å². The summed E-state index contributed by atoms with van der Waals surface area (Å²) in [7, 11) is 0. The Morgan fingerprint density at radius 2 is 2.00 bits per heavy atom. The van der Waals surface area contributed by atoms with Crippen molar-refractivity contribution in [3.8, 4) is 0 Å². The second kappa shape index (κ2) is 6.53. The van der Waals surface area contributed by atoms with Crippen molar-refractivity contribution in [1.82, 2.24) is 0 Å². The number of allylic oxidation sites excluding steroid dienone is 4. The third-order valence-electron chi connectivity index (χ3n) is 1.08. The van der Waals surface area contributed by atoms with Gasteiger partial charge in [0.2, 0.25) is 0 Å². The number of hydrogen-bond acceptors (Lipinski definition) is 0. The molecule has 0 aliphatic carbocycles. The Labute approximate surface area is 62.4 Å². The van der Waals surface area contributed by atoms with Crippen molar-refractivity contribution >= 4 is 0 Å². The minimum absolute atomic E-state index is 0.810. The summed E-state index contributed by atoms with van der Waals surface area (Å²) in [6.07, 6.45) is 8.62. The molecule has 0 nitrogen and oxygen atoms in total. The monoisotopic (exact) mass is 142 g/mol. The highest BCUT2D eigenvalue weighted by atomic mass is 19.1. The lowest BCUT2D eigenvalue weighted by Gasteiger charge is -1.86. The maximum atomic E-state index is 12.1. The summed E-state index contributed by atoms with van der Waals surface area (Å²) in [6.45, 7) is 3.61. The predicted molar refractivity (Wildman–Crippen MR) is 43.8 cm³/mol. The molecule has 1 heteroatoms. The van der Waals surface area contributed by atoms with Gasteiger partial charge in [-0.2, -0.15) is 0 Å². The summed E-state index contributed by atoms with van der Waals surface area (Å²) in [6, 6.07) is 0. The van der Waals surface area contributed by atoms with E-state index in [0.717, 1.165) is 12.8 Å². The van der Waals surface area contributed by atoms with Crippen LogP contribution in [0.1, 0.15) is 26.7 Å². The molecule has 0 amide bonds. The van der Waals surface area contributed by atoms with E-state index in [9.17, 15) is 4.39 Å². The molecule has 1 unspecified atom stereocenters. The van der Waals surface area contributed by atoms with Gasteiger partial charge in [-0.1, -0.05) is 31.2 Å². The van der Waals surface area contributed by atoms with Crippen LogP contribution in [0, 0.1) is 0 Å². The van der Waals surface area contributed by atoms with E-state index in [1.165, 1.54) is 6.92 Å². The molecule has 0 heterocycles. The van der Waals surface area contributed by atoms with Gasteiger partial charge in [0.25, 0.3) is 0 Å². The fourth-order valence-electron chi connectivity index (χ4n) is 0.608. The number of alkyl halides is 1. The Morgan fingerprint density at radius 3 is 2.50 bits per heavy atom. The third kappa shape index (κ3) is 7.41. The first-order valence-electron chi connectivity index (χ1n) is 3.73. The smallest absolute Gasteiger partial charge is 0.115 e. The standard InChI is InChI=1S/C9H15F/c1-3-4-5-6-7-8-9(2)10/h4-5,7-9H,3,6H2,1-2H3/b5-4-,8-7-. The minimum Gasteiger partial charge on any atom is -0.243 e. The highest BCUT2D eigenvalue weighted by molar-refractivity contribution is 4.94. The molecular weight excluding hydrogens is 127 g/mol. The van der Waals surface area contributed by atoms with Gasteiger partial charge in [-0.05, 0) is 19.8 Å². The van der Waals surface area contributed by atoms with Gasteiger partial charge in [-0.3, -0.25) is 0 Å². The van der Waals surface area contributed by atoms with Gasteiger partial charge in [-0.25, -0.2) is 4.39 Å². The fourth-order valence-corrected chi connectivity index (χ4v) is 0.608. The predicted octanol–water partition coefficient (Wildman–Crippen LogP) is 3.26. The van der Waals surface area contributed by atoms with E-state index in [-0.39, 0.29) is 0 Å². The van der Waals surface area contributed by atoms with Gasteiger partial charge in [0.05, 0.1) is 0 Å². The molecule has 0 aromatic rings. The molecule has 0 aliphatic rings. The van der Waals surface area contributed by atoms with Crippen LogP contribution >= 0.6 is 0 Å². The van der Waals surface area contributed by atoms with E-state index >= 15 is 0 Å². The zero-order valence-electron chi connectivity index (χ0n) is 6.68. The zero-order chi connectivity index (χ0) is 7.82. The maximum absolute atomic E-state index is 12.1. The molecule has 0 saturated carbocycles. The SMILES string of the molecule is CC/C=C\C/C=C\C(C)F. The number of rotatable bonds is 4. The van der Waals surface area contributed by atoms with Crippen molar-refractivity contribution in [1.29, 1.82) is 0 Å². The summed E-state index contributed by atoms with van der Waals surface area (Å²) in [5.74, 6) is 0. The summed E-state index contributed by atoms with van der Waals surface area (Å²) in [4.78, 5) is 0. The van der Waals surface area contributed by atoms with Gasteiger partial charge in [-0.15, -0.1) is 0 Å². The van der Waals surface area contributed by atoms with E-state index in [1.54, 1.807) is 6.08 Å². The lowest BCUT2D eigenvalue weighted by molar-refractivity contribution is 0.430. The van der Waals surface area contributed by atoms with Gasteiger partial charge >= 0.3 is 0 Å². The molecule has 0 fully saturated rings. The first kappa shape index (κ1) is 9.41. The molecule has 10 heavy (non-hydrogen) atoms. The van der Waals surface area contributed by atoms with Crippen LogP contribution in [0.5, 0.6) is 0 Å². The molecule has 0 rings (SSSR count). The van der Waals surface area contributed by atoms with E-state index in [2.05, 4.69) is 13.0 Å². The molecular formula is C9H15F. The molecule has 0 N–H and O–H groups in total.